The number of aromatic nitrogens is 1. The van der Waals surface area contributed by atoms with E-state index in [1.165, 1.54) is 23.5 Å². The van der Waals surface area contributed by atoms with Crippen LogP contribution in [0.4, 0.5) is 4.39 Å². The number of carbonyl (C=O) groups excluding carboxylic acids is 1. The smallest absolute Gasteiger partial charge is 0.228 e. The Bertz CT molecular complexity index is 870. The molecule has 1 aromatic carbocycles. The summed E-state index contributed by atoms with van der Waals surface area (Å²) in [5.41, 5.74) is 1.61. The van der Waals surface area contributed by atoms with E-state index in [1.807, 2.05) is 31.4 Å². The number of rotatable bonds is 5. The minimum absolute atomic E-state index is 0.0377. The number of furan rings is 1. The molecule has 0 aliphatic rings. The number of carbonyl (C=O) groups is 1. The van der Waals surface area contributed by atoms with Crippen molar-refractivity contribution in [3.05, 3.63) is 64.6 Å². The van der Waals surface area contributed by atoms with E-state index in [2.05, 4.69) is 4.98 Å². The quantitative estimate of drug-likeness (QED) is 0.669. The van der Waals surface area contributed by atoms with Crippen molar-refractivity contribution in [2.24, 2.45) is 0 Å². The zero-order chi connectivity index (χ0) is 18.0. The van der Waals surface area contributed by atoms with E-state index in [1.54, 1.807) is 24.1 Å². The van der Waals surface area contributed by atoms with Crippen LogP contribution in [0, 0.1) is 12.7 Å². The van der Waals surface area contributed by atoms with Gasteiger partial charge < -0.3 is 9.32 Å². The number of aryl methyl sites for hydroxylation is 1. The Kier molecular flexibility index (Phi) is 4.99. The average Bonchev–Trinajstić information content (AvgIpc) is 3.23. The van der Waals surface area contributed by atoms with Crippen LogP contribution in [0.25, 0.3) is 10.8 Å². The van der Waals surface area contributed by atoms with Crippen molar-refractivity contribution in [1.29, 1.82) is 0 Å². The Morgan fingerprint density at radius 2 is 2.00 bits per heavy atom. The molecule has 0 saturated carbocycles. The van der Waals surface area contributed by atoms with Crippen molar-refractivity contribution in [2.45, 2.75) is 26.3 Å². The van der Waals surface area contributed by atoms with Crippen molar-refractivity contribution in [1.82, 2.24) is 9.88 Å². The third-order valence-corrected chi connectivity index (χ3v) is 5.07. The maximum Gasteiger partial charge on any atom is 0.228 e. The molecule has 0 unspecified atom stereocenters. The van der Waals surface area contributed by atoms with Crippen molar-refractivity contribution < 1.29 is 13.6 Å². The van der Waals surface area contributed by atoms with Crippen LogP contribution >= 0.6 is 11.3 Å². The molecule has 0 aliphatic carbocycles. The fourth-order valence-corrected chi connectivity index (χ4v) is 3.29. The fourth-order valence-electron chi connectivity index (χ4n) is 2.51. The Morgan fingerprint density at radius 3 is 2.64 bits per heavy atom. The first-order chi connectivity index (χ1) is 11.9. The maximum atomic E-state index is 13.0. The molecule has 1 atom stereocenters. The molecule has 0 spiro atoms. The van der Waals surface area contributed by atoms with Gasteiger partial charge in [0.1, 0.15) is 11.6 Å². The summed E-state index contributed by atoms with van der Waals surface area (Å²) in [5, 5.41) is 2.65. The molecule has 25 heavy (non-hydrogen) atoms. The first kappa shape index (κ1) is 17.4. The van der Waals surface area contributed by atoms with Gasteiger partial charge in [-0.3, -0.25) is 4.79 Å². The van der Waals surface area contributed by atoms with Gasteiger partial charge in [0.15, 0.2) is 10.8 Å². The molecular formula is C19H19FN2O2S. The third kappa shape index (κ3) is 3.96. The van der Waals surface area contributed by atoms with Gasteiger partial charge >= 0.3 is 0 Å². The van der Waals surface area contributed by atoms with Gasteiger partial charge in [0, 0.05) is 12.4 Å². The molecule has 4 nitrogen and oxygen atoms in total. The first-order valence-corrected chi connectivity index (χ1v) is 8.84. The Hall–Kier alpha value is -2.47. The highest BCUT2D eigenvalue weighted by molar-refractivity contribution is 7.13. The van der Waals surface area contributed by atoms with E-state index in [-0.39, 0.29) is 24.2 Å². The number of likely N-dealkylation sites (N-methyl/N-ethyl adjacent to an activating group) is 1. The minimum Gasteiger partial charge on any atom is -0.459 e. The summed E-state index contributed by atoms with van der Waals surface area (Å²) in [5.74, 6) is 1.22. The Labute approximate surface area is 149 Å². The molecule has 1 amide bonds. The second-order valence-corrected chi connectivity index (χ2v) is 6.82. The van der Waals surface area contributed by atoms with Crippen LogP contribution in [0.3, 0.4) is 0 Å². The predicted molar refractivity (Wildman–Crippen MR) is 95.8 cm³/mol. The van der Waals surface area contributed by atoms with Gasteiger partial charge in [-0.25, -0.2) is 9.37 Å². The summed E-state index contributed by atoms with van der Waals surface area (Å²) >= 11 is 1.46. The van der Waals surface area contributed by atoms with E-state index in [0.717, 1.165) is 22.0 Å². The number of benzene rings is 1. The third-order valence-electron chi connectivity index (χ3n) is 4.16. The van der Waals surface area contributed by atoms with Crippen LogP contribution in [0.2, 0.25) is 0 Å². The lowest BCUT2D eigenvalue weighted by molar-refractivity contribution is -0.131. The van der Waals surface area contributed by atoms with Gasteiger partial charge in [0.05, 0.1) is 18.2 Å². The summed E-state index contributed by atoms with van der Waals surface area (Å²) in [6.07, 6.45) is 0.220. The zero-order valence-electron chi connectivity index (χ0n) is 14.3. The standard InChI is InChI=1S/C19H19FN2O2S/c1-12-4-9-17(24-12)19-21-16(11-25-19)10-18(23)22(3)13(2)14-5-7-15(20)8-6-14/h4-9,11,13H,10H2,1-3H3/t13-/m0/s1. The van der Waals surface area contributed by atoms with Crippen molar-refractivity contribution >= 4 is 17.2 Å². The second kappa shape index (κ2) is 7.19. The van der Waals surface area contributed by atoms with Crippen LogP contribution < -0.4 is 0 Å². The van der Waals surface area contributed by atoms with E-state index in [0.29, 0.717) is 5.76 Å². The minimum atomic E-state index is -0.284. The van der Waals surface area contributed by atoms with Gasteiger partial charge in [-0.15, -0.1) is 11.3 Å². The number of hydrogen-bond acceptors (Lipinski definition) is 4. The summed E-state index contributed by atoms with van der Waals surface area (Å²) in [6.45, 7) is 3.80. The number of amides is 1. The highest BCUT2D eigenvalue weighted by atomic mass is 32.1. The fraction of sp³-hybridized carbons (Fsp3) is 0.263. The van der Waals surface area contributed by atoms with Crippen LogP contribution in [-0.4, -0.2) is 22.8 Å². The normalized spacial score (nSPS) is 12.2. The lowest BCUT2D eigenvalue weighted by Crippen LogP contribution is -2.31. The van der Waals surface area contributed by atoms with Crippen LogP contribution in [0.5, 0.6) is 0 Å². The second-order valence-electron chi connectivity index (χ2n) is 5.96. The lowest BCUT2D eigenvalue weighted by atomic mass is 10.1. The highest BCUT2D eigenvalue weighted by Gasteiger charge is 2.19. The first-order valence-electron chi connectivity index (χ1n) is 7.96. The van der Waals surface area contributed by atoms with Gasteiger partial charge in [0.25, 0.3) is 0 Å². The monoisotopic (exact) mass is 358 g/mol. The van der Waals surface area contributed by atoms with Crippen LogP contribution in [0.1, 0.15) is 30.0 Å². The highest BCUT2D eigenvalue weighted by Crippen LogP contribution is 2.26. The molecular weight excluding hydrogens is 339 g/mol. The van der Waals surface area contributed by atoms with Gasteiger partial charge in [0.2, 0.25) is 5.91 Å². The zero-order valence-corrected chi connectivity index (χ0v) is 15.1. The molecule has 0 radical (unpaired) electrons. The molecule has 0 bridgehead atoms. The topological polar surface area (TPSA) is 46.3 Å². The summed E-state index contributed by atoms with van der Waals surface area (Å²) < 4.78 is 18.6. The maximum absolute atomic E-state index is 13.0. The lowest BCUT2D eigenvalue weighted by Gasteiger charge is -2.25. The van der Waals surface area contributed by atoms with E-state index < -0.39 is 0 Å². The van der Waals surface area contributed by atoms with E-state index in [4.69, 9.17) is 4.42 Å². The molecule has 3 rings (SSSR count). The summed E-state index contributed by atoms with van der Waals surface area (Å²) in [4.78, 5) is 18.7. The molecule has 2 heterocycles. The van der Waals surface area contributed by atoms with Gasteiger partial charge in [-0.1, -0.05) is 12.1 Å². The Morgan fingerprint density at radius 1 is 1.28 bits per heavy atom. The van der Waals surface area contributed by atoms with Crippen LogP contribution in [-0.2, 0) is 11.2 Å². The molecule has 0 saturated heterocycles. The molecule has 130 valence electrons. The molecule has 0 N–H and O–H groups in total. The van der Waals surface area contributed by atoms with Crippen LogP contribution in [0.15, 0.2) is 46.2 Å². The van der Waals surface area contributed by atoms with E-state index in [9.17, 15) is 9.18 Å². The number of nitrogens with zero attached hydrogens (tertiary/aromatic N) is 2. The van der Waals surface area contributed by atoms with Gasteiger partial charge in [-0.05, 0) is 43.7 Å². The largest absolute Gasteiger partial charge is 0.459 e. The predicted octanol–water partition coefficient (Wildman–Crippen LogP) is 4.61. The van der Waals surface area contributed by atoms with Crippen molar-refractivity contribution in [3.63, 3.8) is 0 Å². The Balaban J connectivity index is 1.67. The van der Waals surface area contributed by atoms with E-state index >= 15 is 0 Å². The SMILES string of the molecule is Cc1ccc(-c2nc(CC(=O)N(C)[C@@H](C)c3ccc(F)cc3)cs2)o1. The number of hydrogen-bond donors (Lipinski definition) is 0. The molecule has 0 aliphatic heterocycles. The van der Waals surface area contributed by atoms with Crippen molar-refractivity contribution in [3.8, 4) is 10.8 Å². The molecule has 0 fully saturated rings. The van der Waals surface area contributed by atoms with Crippen molar-refractivity contribution in [2.75, 3.05) is 7.05 Å². The summed E-state index contributed by atoms with van der Waals surface area (Å²) in [7, 11) is 1.75. The molecule has 3 aromatic rings. The number of halogens is 1. The van der Waals surface area contributed by atoms with Gasteiger partial charge in [-0.2, -0.15) is 0 Å². The molecule has 6 heteroatoms. The molecule has 2 aromatic heterocycles. The summed E-state index contributed by atoms with van der Waals surface area (Å²) in [6, 6.07) is 9.83. The average molecular weight is 358 g/mol. The number of thiazole rings is 1.